The number of amides is 1. The van der Waals surface area contributed by atoms with E-state index in [-0.39, 0.29) is 12.5 Å². The molecular weight excluding hydrogens is 542 g/mol. The molecule has 2 atom stereocenters. The van der Waals surface area contributed by atoms with Crippen molar-refractivity contribution in [3.63, 3.8) is 0 Å². The Labute approximate surface area is 276 Å². The van der Waals surface area contributed by atoms with Crippen LogP contribution in [0.2, 0.25) is 0 Å². The molecule has 1 amide bonds. The van der Waals surface area contributed by atoms with E-state index in [1.54, 1.807) is 0 Å². The Kier molecular flexibility index (Phi) is 34.8. The van der Waals surface area contributed by atoms with E-state index < -0.39 is 12.1 Å². The highest BCUT2D eigenvalue weighted by Crippen LogP contribution is 2.16. The first-order valence-corrected chi connectivity index (χ1v) is 20.1. The van der Waals surface area contributed by atoms with Gasteiger partial charge in [0.2, 0.25) is 5.91 Å². The summed E-state index contributed by atoms with van der Waals surface area (Å²) >= 11 is 0. The first kappa shape index (κ1) is 43.4. The summed E-state index contributed by atoms with van der Waals surface area (Å²) in [5.41, 5.74) is 0. The van der Waals surface area contributed by atoms with Gasteiger partial charge in [0.15, 0.2) is 0 Å². The van der Waals surface area contributed by atoms with Gasteiger partial charge in [0, 0.05) is 6.42 Å². The number of aliphatic hydroxyl groups is 2. The van der Waals surface area contributed by atoms with Crippen molar-refractivity contribution in [2.45, 2.75) is 238 Å². The molecule has 44 heavy (non-hydrogen) atoms. The number of rotatable bonds is 36. The Morgan fingerprint density at radius 3 is 1.16 bits per heavy atom. The lowest BCUT2D eigenvalue weighted by molar-refractivity contribution is -0.123. The fourth-order valence-electron chi connectivity index (χ4n) is 6.43. The van der Waals surface area contributed by atoms with Crippen molar-refractivity contribution in [1.29, 1.82) is 0 Å². The maximum Gasteiger partial charge on any atom is 0.220 e. The second kappa shape index (κ2) is 35.2. The van der Waals surface area contributed by atoms with E-state index >= 15 is 0 Å². The number of nitrogens with one attached hydrogen (secondary N) is 1. The molecule has 0 unspecified atom stereocenters. The van der Waals surface area contributed by atoms with Crippen LogP contribution >= 0.6 is 0 Å². The van der Waals surface area contributed by atoms with Crippen molar-refractivity contribution in [1.82, 2.24) is 5.32 Å². The second-order valence-corrected chi connectivity index (χ2v) is 14.5. The molecule has 3 N–H and O–H groups in total. The van der Waals surface area contributed by atoms with E-state index in [9.17, 15) is 15.0 Å². The lowest BCUT2D eigenvalue weighted by Gasteiger charge is -2.22. The van der Waals surface area contributed by atoms with Crippen LogP contribution in [-0.2, 0) is 4.79 Å². The molecule has 0 fully saturated rings. The largest absolute Gasteiger partial charge is 0.394 e. The molecule has 0 bridgehead atoms. The van der Waals surface area contributed by atoms with Crippen molar-refractivity contribution in [2.24, 2.45) is 5.92 Å². The monoisotopic (exact) mass is 624 g/mol. The van der Waals surface area contributed by atoms with E-state index in [4.69, 9.17) is 0 Å². The summed E-state index contributed by atoms with van der Waals surface area (Å²) in [6.45, 7) is 6.70. The van der Waals surface area contributed by atoms with Crippen molar-refractivity contribution in [2.75, 3.05) is 6.61 Å². The van der Waals surface area contributed by atoms with Crippen LogP contribution in [0.3, 0.4) is 0 Å². The van der Waals surface area contributed by atoms with Gasteiger partial charge in [-0.15, -0.1) is 0 Å². The molecule has 0 saturated heterocycles. The van der Waals surface area contributed by atoms with Crippen molar-refractivity contribution >= 4 is 5.91 Å². The lowest BCUT2D eigenvalue weighted by atomic mass is 10.0. The Morgan fingerprint density at radius 1 is 0.500 bits per heavy atom. The van der Waals surface area contributed by atoms with E-state index in [2.05, 4.69) is 26.1 Å². The Balaban J connectivity index is 3.47. The fraction of sp³-hybridized carbons (Fsp3) is 0.975. The van der Waals surface area contributed by atoms with Gasteiger partial charge < -0.3 is 15.5 Å². The van der Waals surface area contributed by atoms with Crippen LogP contribution in [0, 0.1) is 5.92 Å². The molecular formula is C40H81NO3. The molecule has 0 saturated carbocycles. The average molecular weight is 624 g/mol. The topological polar surface area (TPSA) is 69.6 Å². The van der Waals surface area contributed by atoms with Crippen LogP contribution in [0.15, 0.2) is 0 Å². The molecule has 0 aromatic rings. The average Bonchev–Trinajstić information content (AvgIpc) is 3.01. The molecule has 4 heteroatoms. The first-order chi connectivity index (χ1) is 21.5. The normalized spacial score (nSPS) is 13.0. The fourth-order valence-corrected chi connectivity index (χ4v) is 6.43. The second-order valence-electron chi connectivity index (χ2n) is 14.5. The predicted octanol–water partition coefficient (Wildman–Crippen LogP) is 12.0. The Morgan fingerprint density at radius 2 is 0.818 bits per heavy atom. The van der Waals surface area contributed by atoms with Crippen LogP contribution in [0.1, 0.15) is 226 Å². The van der Waals surface area contributed by atoms with E-state index in [0.717, 1.165) is 31.6 Å². The van der Waals surface area contributed by atoms with Gasteiger partial charge in [-0.3, -0.25) is 4.79 Å². The van der Waals surface area contributed by atoms with Crippen LogP contribution in [0.5, 0.6) is 0 Å². The predicted molar refractivity (Wildman–Crippen MR) is 193 cm³/mol. The summed E-state index contributed by atoms with van der Waals surface area (Å²) in [6.07, 6.45) is 40.3. The first-order valence-electron chi connectivity index (χ1n) is 20.1. The number of carbonyl (C=O) groups excluding carboxylic acids is 1. The third-order valence-electron chi connectivity index (χ3n) is 9.55. The van der Waals surface area contributed by atoms with E-state index in [1.165, 1.54) is 167 Å². The van der Waals surface area contributed by atoms with Gasteiger partial charge in [-0.05, 0) is 18.8 Å². The molecule has 0 heterocycles. The molecule has 0 spiro atoms. The molecule has 4 nitrogen and oxygen atoms in total. The highest BCUT2D eigenvalue weighted by Gasteiger charge is 2.20. The quantitative estimate of drug-likeness (QED) is 0.0608. The van der Waals surface area contributed by atoms with Gasteiger partial charge >= 0.3 is 0 Å². The summed E-state index contributed by atoms with van der Waals surface area (Å²) in [4.78, 5) is 12.4. The zero-order chi connectivity index (χ0) is 32.4. The van der Waals surface area contributed by atoms with Gasteiger partial charge in [-0.25, -0.2) is 0 Å². The Hall–Kier alpha value is -0.610. The SMILES string of the molecule is CCCCCCCCCCCCCCCCCCCCCCC(=O)N[C@@H](CO)[C@H](O)CCCCCCCCCCCC(C)C. The third kappa shape index (κ3) is 32.8. The summed E-state index contributed by atoms with van der Waals surface area (Å²) in [5.74, 6) is 0.802. The number of hydrogen-bond donors (Lipinski definition) is 3. The number of aliphatic hydroxyl groups excluding tert-OH is 2. The molecule has 0 aromatic heterocycles. The molecule has 0 rings (SSSR count). The van der Waals surface area contributed by atoms with Crippen molar-refractivity contribution in [3.8, 4) is 0 Å². The molecule has 0 aliphatic heterocycles. The van der Waals surface area contributed by atoms with Gasteiger partial charge in [0.05, 0.1) is 18.8 Å². The minimum Gasteiger partial charge on any atom is -0.394 e. The number of carbonyl (C=O) groups is 1. The molecule has 0 radical (unpaired) electrons. The zero-order valence-corrected chi connectivity index (χ0v) is 30.4. The molecule has 264 valence electrons. The van der Waals surface area contributed by atoms with Gasteiger partial charge in [0.1, 0.15) is 0 Å². The maximum atomic E-state index is 12.4. The summed E-state index contributed by atoms with van der Waals surface area (Å²) < 4.78 is 0. The zero-order valence-electron chi connectivity index (χ0n) is 30.4. The summed E-state index contributed by atoms with van der Waals surface area (Å²) in [5, 5.41) is 23.1. The van der Waals surface area contributed by atoms with Crippen LogP contribution < -0.4 is 5.32 Å². The lowest BCUT2D eigenvalue weighted by Crippen LogP contribution is -2.45. The minimum absolute atomic E-state index is 0.0288. The highest BCUT2D eigenvalue weighted by atomic mass is 16.3. The van der Waals surface area contributed by atoms with Gasteiger partial charge in [0.25, 0.3) is 0 Å². The van der Waals surface area contributed by atoms with Crippen LogP contribution in [-0.4, -0.2) is 34.9 Å². The highest BCUT2D eigenvalue weighted by molar-refractivity contribution is 5.76. The summed E-state index contributed by atoms with van der Waals surface area (Å²) in [6, 6.07) is -0.529. The van der Waals surface area contributed by atoms with Crippen LogP contribution in [0.4, 0.5) is 0 Å². The van der Waals surface area contributed by atoms with Gasteiger partial charge in [-0.1, -0.05) is 207 Å². The molecule has 0 aliphatic carbocycles. The van der Waals surface area contributed by atoms with E-state index in [1.807, 2.05) is 0 Å². The van der Waals surface area contributed by atoms with Crippen LogP contribution in [0.25, 0.3) is 0 Å². The van der Waals surface area contributed by atoms with Crippen molar-refractivity contribution in [3.05, 3.63) is 0 Å². The van der Waals surface area contributed by atoms with Crippen molar-refractivity contribution < 1.29 is 15.0 Å². The standard InChI is InChI=1S/C40H81NO3/c1-4-5-6-7-8-9-10-11-12-13-14-15-16-17-18-19-23-26-29-32-35-40(44)41-38(36-42)39(43)34-31-28-25-22-20-21-24-27-30-33-37(2)3/h37-39,42-43H,4-36H2,1-3H3,(H,41,44)/t38-,39+/m0/s1. The van der Waals surface area contributed by atoms with E-state index in [0.29, 0.717) is 12.8 Å². The van der Waals surface area contributed by atoms with Gasteiger partial charge in [-0.2, -0.15) is 0 Å². The Bertz CT molecular complexity index is 567. The third-order valence-corrected chi connectivity index (χ3v) is 9.55. The summed E-state index contributed by atoms with van der Waals surface area (Å²) in [7, 11) is 0. The number of hydrogen-bond acceptors (Lipinski definition) is 3. The maximum absolute atomic E-state index is 12.4. The minimum atomic E-state index is -0.653. The molecule has 0 aromatic carbocycles. The number of unbranched alkanes of at least 4 members (excludes halogenated alkanes) is 27. The smallest absolute Gasteiger partial charge is 0.220 e. The molecule has 0 aliphatic rings.